The van der Waals surface area contributed by atoms with Crippen LogP contribution in [0, 0.1) is 6.92 Å². The average Bonchev–Trinajstić information content (AvgIpc) is 3.53. The number of aryl methyl sites for hydroxylation is 1. The molecule has 0 fully saturated rings. The van der Waals surface area contributed by atoms with Gasteiger partial charge in [-0.25, -0.2) is 19.9 Å². The fraction of sp³-hybridized carbons (Fsp3) is 0.0952. The topological polar surface area (TPSA) is 127 Å². The number of hydrogen-bond donors (Lipinski definition) is 3. The molecule has 9 nitrogen and oxygen atoms in total. The van der Waals surface area contributed by atoms with Gasteiger partial charge < -0.3 is 20.4 Å². The van der Waals surface area contributed by atoms with E-state index < -0.39 is 5.91 Å². The molecule has 0 saturated heterocycles. The monoisotopic (exact) mass is 430 g/mol. The lowest BCUT2D eigenvalue weighted by atomic mass is 10.1. The zero-order valence-electron chi connectivity index (χ0n) is 16.5. The second-order valence-electron chi connectivity index (χ2n) is 6.89. The Balaban J connectivity index is 1.56. The summed E-state index contributed by atoms with van der Waals surface area (Å²) in [4.78, 5) is 33.8. The number of H-pyrrole nitrogens is 1. The molecule has 5 rings (SSSR count). The van der Waals surface area contributed by atoms with E-state index in [0.29, 0.717) is 17.9 Å². The van der Waals surface area contributed by atoms with E-state index >= 15 is 0 Å². The number of nitrogen functional groups attached to an aromatic ring is 1. The molecule has 1 amide bonds. The van der Waals surface area contributed by atoms with Gasteiger partial charge in [-0.2, -0.15) is 0 Å². The molecule has 0 atom stereocenters. The number of hydrogen-bond acceptors (Lipinski definition) is 7. The first-order valence-electron chi connectivity index (χ1n) is 9.52. The molecule has 0 aromatic carbocycles. The number of carbonyl (C=O) groups is 1. The number of nitrogens with one attached hydrogen (secondary N) is 2. The summed E-state index contributed by atoms with van der Waals surface area (Å²) in [5.74, 6) is -0.345. The molecule has 0 saturated carbocycles. The molecule has 0 radical (unpaired) electrons. The molecule has 4 N–H and O–H groups in total. The van der Waals surface area contributed by atoms with Crippen LogP contribution in [0.1, 0.15) is 21.2 Å². The molecular weight excluding hydrogens is 412 g/mol. The Kier molecular flexibility index (Phi) is 4.68. The number of carbonyl (C=O) groups excluding carboxylic acids is 1. The summed E-state index contributed by atoms with van der Waals surface area (Å²) in [7, 11) is 0. The predicted molar refractivity (Wildman–Crippen MR) is 118 cm³/mol. The summed E-state index contributed by atoms with van der Waals surface area (Å²) in [6.07, 6.45) is 7.27. The molecule has 0 spiro atoms. The van der Waals surface area contributed by atoms with Crippen molar-refractivity contribution in [3.05, 3.63) is 70.8 Å². The first kappa shape index (κ1) is 18.9. The number of aromatic nitrogens is 6. The third-order valence-corrected chi connectivity index (χ3v) is 5.57. The number of thiazole rings is 1. The van der Waals surface area contributed by atoms with Crippen molar-refractivity contribution in [3.8, 4) is 22.6 Å². The molecule has 10 heteroatoms. The van der Waals surface area contributed by atoms with Crippen LogP contribution in [0.5, 0.6) is 0 Å². The van der Waals surface area contributed by atoms with Gasteiger partial charge in [-0.3, -0.25) is 4.79 Å². The number of amides is 1. The number of aromatic amines is 1. The van der Waals surface area contributed by atoms with Crippen molar-refractivity contribution in [1.82, 2.24) is 34.6 Å². The molecule has 0 aliphatic heterocycles. The third-order valence-electron chi connectivity index (χ3n) is 4.75. The van der Waals surface area contributed by atoms with Crippen LogP contribution in [-0.2, 0) is 6.54 Å². The second kappa shape index (κ2) is 7.65. The minimum atomic E-state index is -0.404. The van der Waals surface area contributed by atoms with E-state index in [0.717, 1.165) is 27.6 Å². The van der Waals surface area contributed by atoms with Gasteiger partial charge in [0.25, 0.3) is 5.91 Å². The Morgan fingerprint density at radius 3 is 2.90 bits per heavy atom. The summed E-state index contributed by atoms with van der Waals surface area (Å²) < 4.78 is 1.89. The van der Waals surface area contributed by atoms with Crippen molar-refractivity contribution in [3.63, 3.8) is 0 Å². The van der Waals surface area contributed by atoms with Crippen molar-refractivity contribution in [1.29, 1.82) is 0 Å². The van der Waals surface area contributed by atoms with Crippen LogP contribution in [0.3, 0.4) is 0 Å². The van der Waals surface area contributed by atoms with Gasteiger partial charge in [0.15, 0.2) is 11.5 Å². The number of anilines is 1. The van der Waals surface area contributed by atoms with E-state index in [4.69, 9.17) is 5.73 Å². The maximum Gasteiger partial charge on any atom is 0.274 e. The Labute approximate surface area is 181 Å². The van der Waals surface area contributed by atoms with Gasteiger partial charge in [-0.1, -0.05) is 0 Å². The molecular formula is C21H18N8OS. The van der Waals surface area contributed by atoms with Crippen LogP contribution in [0.4, 0.5) is 5.82 Å². The van der Waals surface area contributed by atoms with Crippen LogP contribution in [0.25, 0.3) is 28.3 Å². The number of nitrogens with two attached hydrogens (primary N) is 1. The summed E-state index contributed by atoms with van der Waals surface area (Å²) >= 11 is 1.53. The fourth-order valence-corrected chi connectivity index (χ4v) is 3.90. The first-order valence-corrected chi connectivity index (χ1v) is 10.4. The van der Waals surface area contributed by atoms with Crippen LogP contribution in [0.2, 0.25) is 0 Å². The number of nitrogens with zero attached hydrogens (tertiary/aromatic N) is 5. The van der Waals surface area contributed by atoms with Crippen LogP contribution >= 0.6 is 11.3 Å². The van der Waals surface area contributed by atoms with Gasteiger partial charge in [0, 0.05) is 35.7 Å². The zero-order valence-corrected chi connectivity index (χ0v) is 17.3. The number of pyridine rings is 1. The predicted octanol–water partition coefficient (Wildman–Crippen LogP) is 3.06. The van der Waals surface area contributed by atoms with Crippen LogP contribution in [-0.4, -0.2) is 35.2 Å². The van der Waals surface area contributed by atoms with Gasteiger partial charge >= 0.3 is 0 Å². The highest BCUT2D eigenvalue weighted by atomic mass is 32.1. The molecule has 0 bridgehead atoms. The lowest BCUT2D eigenvalue weighted by Crippen LogP contribution is -2.26. The third kappa shape index (κ3) is 3.64. The number of imidazole rings is 1. The van der Waals surface area contributed by atoms with E-state index in [1.807, 2.05) is 53.4 Å². The van der Waals surface area contributed by atoms with E-state index in [1.54, 1.807) is 12.4 Å². The summed E-state index contributed by atoms with van der Waals surface area (Å²) in [6.45, 7) is 2.21. The van der Waals surface area contributed by atoms with Gasteiger partial charge in [-0.15, -0.1) is 11.3 Å². The number of rotatable bonds is 5. The van der Waals surface area contributed by atoms with Crippen molar-refractivity contribution in [2.24, 2.45) is 0 Å². The Bertz CT molecular complexity index is 1390. The van der Waals surface area contributed by atoms with Gasteiger partial charge in [0.1, 0.15) is 17.0 Å². The Morgan fingerprint density at radius 2 is 2.13 bits per heavy atom. The van der Waals surface area contributed by atoms with E-state index in [9.17, 15) is 4.79 Å². The van der Waals surface area contributed by atoms with Crippen molar-refractivity contribution in [2.45, 2.75) is 13.5 Å². The maximum absolute atomic E-state index is 12.9. The van der Waals surface area contributed by atoms with Crippen molar-refractivity contribution >= 4 is 28.7 Å². The first-order chi connectivity index (χ1) is 15.1. The summed E-state index contributed by atoms with van der Waals surface area (Å²) in [5, 5.41) is 5.68. The fourth-order valence-electron chi connectivity index (χ4n) is 3.29. The quantitative estimate of drug-likeness (QED) is 0.393. The van der Waals surface area contributed by atoms with Gasteiger partial charge in [0.05, 0.1) is 22.9 Å². The molecule has 0 unspecified atom stereocenters. The van der Waals surface area contributed by atoms with E-state index in [1.165, 1.54) is 11.3 Å². The lowest BCUT2D eigenvalue weighted by Gasteiger charge is -2.12. The average molecular weight is 430 g/mol. The minimum absolute atomic E-state index is 0.0593. The van der Waals surface area contributed by atoms with Crippen molar-refractivity contribution in [2.75, 3.05) is 5.73 Å². The molecule has 31 heavy (non-hydrogen) atoms. The van der Waals surface area contributed by atoms with Gasteiger partial charge in [-0.05, 0) is 31.2 Å². The molecule has 154 valence electrons. The van der Waals surface area contributed by atoms with Crippen LogP contribution < -0.4 is 11.1 Å². The van der Waals surface area contributed by atoms with Crippen LogP contribution in [0.15, 0.2) is 54.4 Å². The second-order valence-corrected chi connectivity index (χ2v) is 7.95. The SMILES string of the molecule is Cc1nc(CNC(=O)c2nc(-c3ccc4nccn4c3)c(-c3ccc[nH]3)nc2N)cs1. The standard InChI is InChI=1S/C21H18N8OS/c1-12-26-14(11-31-12)9-25-21(30)19-20(22)28-18(15-3-2-6-23-15)17(27-19)13-4-5-16-24-7-8-29(16)10-13/h2-8,10-11,23H,9H2,1H3,(H2,22,28)(H,25,30). The molecule has 0 aliphatic rings. The highest BCUT2D eigenvalue weighted by Gasteiger charge is 2.20. The minimum Gasteiger partial charge on any atom is -0.382 e. The van der Waals surface area contributed by atoms with E-state index in [2.05, 4.69) is 30.2 Å². The largest absolute Gasteiger partial charge is 0.382 e. The summed E-state index contributed by atoms with van der Waals surface area (Å²) in [5.41, 5.74) is 10.5. The van der Waals surface area contributed by atoms with Crippen molar-refractivity contribution < 1.29 is 4.79 Å². The normalized spacial score (nSPS) is 11.1. The molecule has 5 aromatic heterocycles. The maximum atomic E-state index is 12.9. The van der Waals surface area contributed by atoms with E-state index in [-0.39, 0.29) is 11.5 Å². The zero-order chi connectivity index (χ0) is 21.4. The Morgan fingerprint density at radius 1 is 1.23 bits per heavy atom. The smallest absolute Gasteiger partial charge is 0.274 e. The molecule has 5 aromatic rings. The molecule has 5 heterocycles. The lowest BCUT2D eigenvalue weighted by molar-refractivity contribution is 0.0946. The highest BCUT2D eigenvalue weighted by Crippen LogP contribution is 2.30. The number of fused-ring (bicyclic) bond motifs is 1. The van der Waals surface area contributed by atoms with Gasteiger partial charge in [0.2, 0.25) is 0 Å². The molecule has 0 aliphatic carbocycles. The highest BCUT2D eigenvalue weighted by molar-refractivity contribution is 7.09. The Hall–Kier alpha value is -4.05. The summed E-state index contributed by atoms with van der Waals surface area (Å²) in [6, 6.07) is 7.53.